The lowest BCUT2D eigenvalue weighted by molar-refractivity contribution is 0.0341. The summed E-state index contributed by atoms with van der Waals surface area (Å²) in [6.07, 6.45) is 4.52. The van der Waals surface area contributed by atoms with Crippen LogP contribution < -0.4 is 5.73 Å². The van der Waals surface area contributed by atoms with Gasteiger partial charge in [-0.25, -0.2) is 0 Å². The molecule has 0 aliphatic carbocycles. The van der Waals surface area contributed by atoms with Crippen molar-refractivity contribution >= 4 is 5.91 Å². The maximum absolute atomic E-state index is 13.0. The third-order valence-electron chi connectivity index (χ3n) is 5.63. The monoisotopic (exact) mass is 350 g/mol. The fourth-order valence-electron chi connectivity index (χ4n) is 4.28. The molecule has 26 heavy (non-hydrogen) atoms. The molecule has 4 heteroatoms. The van der Waals surface area contributed by atoms with E-state index in [9.17, 15) is 4.79 Å². The predicted molar refractivity (Wildman–Crippen MR) is 103 cm³/mol. The number of rotatable bonds is 4. The van der Waals surface area contributed by atoms with Gasteiger partial charge in [-0.2, -0.15) is 0 Å². The molecule has 0 aromatic heterocycles. The van der Waals surface area contributed by atoms with Gasteiger partial charge in [0.05, 0.1) is 12.1 Å². The Kier molecular flexibility index (Phi) is 5.05. The second-order valence-electron chi connectivity index (χ2n) is 7.20. The molecule has 0 spiro atoms. The summed E-state index contributed by atoms with van der Waals surface area (Å²) in [5, 5.41) is 0. The number of hydrogen-bond donors (Lipinski definition) is 1. The van der Waals surface area contributed by atoms with Crippen molar-refractivity contribution in [2.24, 2.45) is 5.73 Å². The maximum Gasteiger partial charge on any atom is 0.254 e. The van der Waals surface area contributed by atoms with E-state index in [1.165, 1.54) is 0 Å². The smallest absolute Gasteiger partial charge is 0.254 e. The summed E-state index contributed by atoms with van der Waals surface area (Å²) < 4.78 is 5.85. The molecular weight excluding hydrogens is 324 g/mol. The first-order valence-corrected chi connectivity index (χ1v) is 9.59. The van der Waals surface area contributed by atoms with Gasteiger partial charge in [0, 0.05) is 25.3 Å². The van der Waals surface area contributed by atoms with E-state index >= 15 is 0 Å². The second kappa shape index (κ2) is 7.60. The maximum atomic E-state index is 13.0. The Balaban J connectivity index is 1.53. The van der Waals surface area contributed by atoms with Crippen molar-refractivity contribution in [1.29, 1.82) is 0 Å². The lowest BCUT2D eigenvalue weighted by Crippen LogP contribution is -2.42. The van der Waals surface area contributed by atoms with Gasteiger partial charge in [-0.15, -0.1) is 0 Å². The van der Waals surface area contributed by atoms with Crippen LogP contribution in [0, 0.1) is 0 Å². The Labute approximate surface area is 155 Å². The zero-order chi connectivity index (χ0) is 17.9. The molecule has 4 nitrogen and oxygen atoms in total. The van der Waals surface area contributed by atoms with Gasteiger partial charge < -0.3 is 15.4 Å². The van der Waals surface area contributed by atoms with Crippen molar-refractivity contribution < 1.29 is 9.53 Å². The number of carbonyl (C=O) groups is 1. The zero-order valence-corrected chi connectivity index (χ0v) is 15.1. The predicted octanol–water partition coefficient (Wildman–Crippen LogP) is 3.60. The Morgan fingerprint density at radius 2 is 1.88 bits per heavy atom. The molecule has 2 atom stereocenters. The standard InChI is InChI=1S/C22H26N2O2/c23-15-18-5-1-2-6-19(18)16-9-11-17(12-10-16)22(25)24-13-3-7-20(24)21-8-4-14-26-21/h1-2,5-6,9-12,20-21H,3-4,7-8,13-15,23H2. The molecule has 0 saturated carbocycles. The van der Waals surface area contributed by atoms with Crippen molar-refractivity contribution in [2.45, 2.75) is 44.4 Å². The molecular formula is C22H26N2O2. The van der Waals surface area contributed by atoms with Gasteiger partial charge in [0.15, 0.2) is 0 Å². The Bertz CT molecular complexity index is 766. The second-order valence-corrected chi connectivity index (χ2v) is 7.20. The number of hydrogen-bond acceptors (Lipinski definition) is 3. The summed E-state index contributed by atoms with van der Waals surface area (Å²) in [6, 6.07) is 16.3. The molecule has 0 bridgehead atoms. The molecule has 2 aromatic rings. The molecule has 2 fully saturated rings. The lowest BCUT2D eigenvalue weighted by atomic mass is 9.98. The van der Waals surface area contributed by atoms with Gasteiger partial charge in [0.2, 0.25) is 0 Å². The molecule has 2 aliphatic rings. The summed E-state index contributed by atoms with van der Waals surface area (Å²) in [7, 11) is 0. The summed E-state index contributed by atoms with van der Waals surface area (Å²) >= 11 is 0. The van der Waals surface area contributed by atoms with Crippen LogP contribution in [0.15, 0.2) is 48.5 Å². The minimum Gasteiger partial charge on any atom is -0.376 e. The van der Waals surface area contributed by atoms with E-state index in [1.807, 2.05) is 47.4 Å². The van der Waals surface area contributed by atoms with Crippen LogP contribution in [0.4, 0.5) is 0 Å². The molecule has 2 aliphatic heterocycles. The molecule has 0 radical (unpaired) electrons. The number of likely N-dealkylation sites (tertiary alicyclic amines) is 1. The Hall–Kier alpha value is -2.17. The number of ether oxygens (including phenoxy) is 1. The van der Waals surface area contributed by atoms with Crippen LogP contribution in [0.3, 0.4) is 0 Å². The van der Waals surface area contributed by atoms with E-state index in [0.717, 1.165) is 61.1 Å². The quantitative estimate of drug-likeness (QED) is 0.917. The normalized spacial score (nSPS) is 22.7. The SMILES string of the molecule is NCc1ccccc1-c1ccc(C(=O)N2CCCC2C2CCCO2)cc1. The lowest BCUT2D eigenvalue weighted by Gasteiger charge is -2.29. The molecule has 2 aromatic carbocycles. The summed E-state index contributed by atoms with van der Waals surface area (Å²) in [6.45, 7) is 2.17. The highest BCUT2D eigenvalue weighted by Gasteiger charge is 2.37. The Morgan fingerprint density at radius 1 is 1.08 bits per heavy atom. The van der Waals surface area contributed by atoms with E-state index in [-0.39, 0.29) is 18.1 Å². The van der Waals surface area contributed by atoms with Crippen LogP contribution in [-0.2, 0) is 11.3 Å². The minimum absolute atomic E-state index is 0.127. The number of nitrogens with two attached hydrogens (primary N) is 1. The van der Waals surface area contributed by atoms with Crippen LogP contribution in [0.2, 0.25) is 0 Å². The highest BCUT2D eigenvalue weighted by molar-refractivity contribution is 5.95. The number of carbonyl (C=O) groups excluding carboxylic acids is 1. The largest absolute Gasteiger partial charge is 0.376 e. The van der Waals surface area contributed by atoms with Crippen molar-refractivity contribution in [1.82, 2.24) is 4.90 Å². The first-order valence-electron chi connectivity index (χ1n) is 9.59. The van der Waals surface area contributed by atoms with E-state index in [0.29, 0.717) is 6.54 Å². The molecule has 4 rings (SSSR count). The van der Waals surface area contributed by atoms with Crippen LogP contribution in [-0.4, -0.2) is 36.1 Å². The van der Waals surface area contributed by atoms with E-state index in [4.69, 9.17) is 10.5 Å². The summed E-state index contributed by atoms with van der Waals surface area (Å²) in [5.41, 5.74) is 9.95. The average molecular weight is 350 g/mol. The third kappa shape index (κ3) is 3.27. The van der Waals surface area contributed by atoms with Gasteiger partial charge in [-0.3, -0.25) is 4.79 Å². The molecule has 136 valence electrons. The number of nitrogens with zero attached hydrogens (tertiary/aromatic N) is 1. The zero-order valence-electron chi connectivity index (χ0n) is 15.1. The van der Waals surface area contributed by atoms with E-state index in [1.54, 1.807) is 0 Å². The van der Waals surface area contributed by atoms with Crippen LogP contribution in [0.25, 0.3) is 11.1 Å². The van der Waals surface area contributed by atoms with Gasteiger partial charge >= 0.3 is 0 Å². The van der Waals surface area contributed by atoms with Crippen molar-refractivity contribution in [3.8, 4) is 11.1 Å². The van der Waals surface area contributed by atoms with Crippen molar-refractivity contribution in [3.63, 3.8) is 0 Å². The topological polar surface area (TPSA) is 55.6 Å². The summed E-state index contributed by atoms with van der Waals surface area (Å²) in [4.78, 5) is 15.1. The first-order chi connectivity index (χ1) is 12.8. The molecule has 2 saturated heterocycles. The molecule has 1 amide bonds. The molecule has 2 unspecified atom stereocenters. The van der Waals surface area contributed by atoms with Crippen LogP contribution in [0.5, 0.6) is 0 Å². The summed E-state index contributed by atoms with van der Waals surface area (Å²) in [5.74, 6) is 0.127. The van der Waals surface area contributed by atoms with E-state index < -0.39 is 0 Å². The highest BCUT2D eigenvalue weighted by atomic mass is 16.5. The Morgan fingerprint density at radius 3 is 2.62 bits per heavy atom. The van der Waals surface area contributed by atoms with Gasteiger partial charge in [0.25, 0.3) is 5.91 Å². The van der Waals surface area contributed by atoms with Gasteiger partial charge in [-0.05, 0) is 54.5 Å². The third-order valence-corrected chi connectivity index (χ3v) is 5.63. The van der Waals surface area contributed by atoms with Crippen LogP contribution >= 0.6 is 0 Å². The number of benzene rings is 2. The van der Waals surface area contributed by atoms with Gasteiger partial charge in [0.1, 0.15) is 0 Å². The van der Waals surface area contributed by atoms with Crippen molar-refractivity contribution in [3.05, 3.63) is 59.7 Å². The highest BCUT2D eigenvalue weighted by Crippen LogP contribution is 2.30. The first kappa shape index (κ1) is 17.3. The van der Waals surface area contributed by atoms with Crippen LogP contribution in [0.1, 0.15) is 41.6 Å². The fraction of sp³-hybridized carbons (Fsp3) is 0.409. The molecule has 2 heterocycles. The minimum atomic E-state index is 0.127. The average Bonchev–Trinajstić information content (AvgIpc) is 3.39. The fourth-order valence-corrected chi connectivity index (χ4v) is 4.28. The van der Waals surface area contributed by atoms with Crippen molar-refractivity contribution in [2.75, 3.05) is 13.2 Å². The number of amides is 1. The van der Waals surface area contributed by atoms with E-state index in [2.05, 4.69) is 6.07 Å². The molecule has 2 N–H and O–H groups in total. The van der Waals surface area contributed by atoms with Gasteiger partial charge in [-0.1, -0.05) is 36.4 Å².